The van der Waals surface area contributed by atoms with Crippen LogP contribution in [0.2, 0.25) is 0 Å². The van der Waals surface area contributed by atoms with Crippen molar-refractivity contribution >= 4 is 15.9 Å². The van der Waals surface area contributed by atoms with Crippen LogP contribution in [0.3, 0.4) is 0 Å². The smallest absolute Gasteiger partial charge is 0.224 e. The quantitative estimate of drug-likeness (QED) is 0.791. The molecule has 1 heterocycles. The van der Waals surface area contributed by atoms with Gasteiger partial charge in [0.05, 0.1) is 18.3 Å². The molecule has 1 N–H and O–H groups in total. The lowest BCUT2D eigenvalue weighted by Gasteiger charge is -2.32. The maximum absolute atomic E-state index is 12.4. The maximum atomic E-state index is 12.4. The van der Waals surface area contributed by atoms with Gasteiger partial charge in [-0.15, -0.1) is 0 Å². The molecule has 2 fully saturated rings. The Kier molecular flexibility index (Phi) is 6.65. The molecule has 22 heavy (non-hydrogen) atoms. The first-order valence-electron chi connectivity index (χ1n) is 8.30. The van der Waals surface area contributed by atoms with E-state index in [1.807, 2.05) is 0 Å². The van der Waals surface area contributed by atoms with E-state index in [0.717, 1.165) is 25.7 Å². The van der Waals surface area contributed by atoms with Gasteiger partial charge in [0.25, 0.3) is 0 Å². The molecule has 128 valence electrons. The van der Waals surface area contributed by atoms with E-state index in [0.29, 0.717) is 13.1 Å². The Morgan fingerprint density at radius 2 is 1.91 bits per heavy atom. The van der Waals surface area contributed by atoms with Gasteiger partial charge in [-0.25, -0.2) is 12.7 Å². The summed E-state index contributed by atoms with van der Waals surface area (Å²) in [7, 11) is -1.82. The molecule has 0 bridgehead atoms. The fourth-order valence-electron chi connectivity index (χ4n) is 3.29. The van der Waals surface area contributed by atoms with Gasteiger partial charge in [0.15, 0.2) is 0 Å². The van der Waals surface area contributed by atoms with E-state index in [1.54, 1.807) is 0 Å². The highest BCUT2D eigenvalue weighted by Gasteiger charge is 2.32. The van der Waals surface area contributed by atoms with Crippen molar-refractivity contribution in [1.82, 2.24) is 9.62 Å². The molecular formula is C15H28N2O4S. The summed E-state index contributed by atoms with van der Waals surface area (Å²) >= 11 is 0. The lowest BCUT2D eigenvalue weighted by molar-refractivity contribution is -0.127. The summed E-state index contributed by atoms with van der Waals surface area (Å²) in [6.45, 7) is 1.02. The van der Waals surface area contributed by atoms with Crippen LogP contribution >= 0.6 is 0 Å². The zero-order valence-electron chi connectivity index (χ0n) is 13.4. The van der Waals surface area contributed by atoms with Crippen LogP contribution in [0.5, 0.6) is 0 Å². The van der Waals surface area contributed by atoms with Crippen LogP contribution in [0.1, 0.15) is 44.9 Å². The number of rotatable bonds is 6. The maximum Gasteiger partial charge on any atom is 0.224 e. The van der Waals surface area contributed by atoms with E-state index >= 15 is 0 Å². The van der Waals surface area contributed by atoms with E-state index < -0.39 is 10.0 Å². The fraction of sp³-hybridized carbons (Fsp3) is 0.933. The number of hydrogen-bond acceptors (Lipinski definition) is 4. The molecule has 1 amide bonds. The van der Waals surface area contributed by atoms with E-state index in [1.165, 1.54) is 30.7 Å². The number of nitrogens with zero attached hydrogens (tertiary/aromatic N) is 1. The number of methoxy groups -OCH3 is 1. The van der Waals surface area contributed by atoms with Crippen molar-refractivity contribution in [2.45, 2.75) is 51.0 Å². The van der Waals surface area contributed by atoms with Crippen molar-refractivity contribution in [2.24, 2.45) is 5.92 Å². The van der Waals surface area contributed by atoms with Crippen LogP contribution in [-0.4, -0.2) is 57.2 Å². The Labute approximate surface area is 133 Å². The second kappa shape index (κ2) is 8.26. The number of amides is 1. The van der Waals surface area contributed by atoms with Gasteiger partial charge in [0, 0.05) is 26.2 Å². The Morgan fingerprint density at radius 3 is 2.59 bits per heavy atom. The van der Waals surface area contributed by atoms with Gasteiger partial charge >= 0.3 is 0 Å². The minimum Gasteiger partial charge on any atom is -0.384 e. The van der Waals surface area contributed by atoms with E-state index in [2.05, 4.69) is 5.32 Å². The predicted octanol–water partition coefficient (Wildman–Crippen LogP) is 1.12. The summed E-state index contributed by atoms with van der Waals surface area (Å²) < 4.78 is 30.8. The summed E-state index contributed by atoms with van der Waals surface area (Å²) in [5.41, 5.74) is 0. The third-order valence-electron chi connectivity index (χ3n) is 4.65. The largest absolute Gasteiger partial charge is 0.384 e. The predicted molar refractivity (Wildman–Crippen MR) is 85.0 cm³/mol. The van der Waals surface area contributed by atoms with Crippen LogP contribution in [0, 0.1) is 5.92 Å². The van der Waals surface area contributed by atoms with E-state index in [9.17, 15) is 13.2 Å². The van der Waals surface area contributed by atoms with Crippen LogP contribution in [0.15, 0.2) is 0 Å². The van der Waals surface area contributed by atoms with Crippen molar-refractivity contribution in [2.75, 3.05) is 32.6 Å². The molecule has 1 saturated carbocycles. The van der Waals surface area contributed by atoms with Crippen molar-refractivity contribution in [3.8, 4) is 0 Å². The zero-order valence-corrected chi connectivity index (χ0v) is 14.2. The Bertz CT molecular complexity index is 460. The standard InChI is InChI=1S/C15H28N2O4S/c1-21-10-11-22(19,20)17-9-5-6-13(12-17)15(18)16-14-7-3-2-4-8-14/h13-14H,2-12H2,1H3,(H,16,18). The van der Waals surface area contributed by atoms with Crippen molar-refractivity contribution < 1.29 is 17.9 Å². The summed E-state index contributed by atoms with van der Waals surface area (Å²) in [6.07, 6.45) is 7.22. The Morgan fingerprint density at radius 1 is 1.18 bits per heavy atom. The third kappa shape index (κ3) is 4.93. The highest BCUT2D eigenvalue weighted by molar-refractivity contribution is 7.89. The summed E-state index contributed by atoms with van der Waals surface area (Å²) in [4.78, 5) is 12.4. The third-order valence-corrected chi connectivity index (χ3v) is 6.45. The summed E-state index contributed by atoms with van der Waals surface area (Å²) in [5, 5.41) is 3.12. The first-order chi connectivity index (χ1) is 10.5. The van der Waals surface area contributed by atoms with Crippen LogP contribution in [-0.2, 0) is 19.6 Å². The molecule has 0 aromatic carbocycles. The Hall–Kier alpha value is -0.660. The number of carbonyl (C=O) groups excluding carboxylic acids is 1. The molecule has 0 aromatic heterocycles. The second-order valence-electron chi connectivity index (χ2n) is 6.35. The minimum absolute atomic E-state index is 0.0134. The van der Waals surface area contributed by atoms with Gasteiger partial charge in [-0.05, 0) is 25.7 Å². The molecule has 0 aromatic rings. The number of carbonyl (C=O) groups is 1. The van der Waals surface area contributed by atoms with Gasteiger partial charge < -0.3 is 10.1 Å². The Balaban J connectivity index is 1.87. The normalized spacial score (nSPS) is 25.0. The van der Waals surface area contributed by atoms with Gasteiger partial charge in [0.1, 0.15) is 0 Å². The highest BCUT2D eigenvalue weighted by atomic mass is 32.2. The summed E-state index contributed by atoms with van der Waals surface area (Å²) in [6, 6.07) is 0.279. The van der Waals surface area contributed by atoms with Crippen molar-refractivity contribution in [3.63, 3.8) is 0 Å². The average Bonchev–Trinajstić information content (AvgIpc) is 2.54. The highest BCUT2D eigenvalue weighted by Crippen LogP contribution is 2.22. The zero-order chi connectivity index (χ0) is 16.0. The van der Waals surface area contributed by atoms with E-state index in [-0.39, 0.29) is 30.2 Å². The fourth-order valence-corrected chi connectivity index (χ4v) is 4.74. The van der Waals surface area contributed by atoms with Gasteiger partial charge in [-0.3, -0.25) is 4.79 Å². The molecule has 2 aliphatic rings. The first kappa shape index (κ1) is 17.7. The summed E-state index contributed by atoms with van der Waals surface area (Å²) in [5.74, 6) is -0.202. The molecular weight excluding hydrogens is 304 g/mol. The van der Waals surface area contributed by atoms with Crippen molar-refractivity contribution in [1.29, 1.82) is 0 Å². The van der Waals surface area contributed by atoms with Gasteiger partial charge in [0.2, 0.25) is 15.9 Å². The van der Waals surface area contributed by atoms with E-state index in [4.69, 9.17) is 4.74 Å². The van der Waals surface area contributed by atoms with Crippen LogP contribution in [0.25, 0.3) is 0 Å². The molecule has 0 spiro atoms. The average molecular weight is 332 g/mol. The number of hydrogen-bond donors (Lipinski definition) is 1. The first-order valence-corrected chi connectivity index (χ1v) is 9.91. The van der Waals surface area contributed by atoms with Crippen LogP contribution < -0.4 is 5.32 Å². The lowest BCUT2D eigenvalue weighted by atomic mass is 9.93. The molecule has 7 heteroatoms. The molecule has 1 aliphatic heterocycles. The topological polar surface area (TPSA) is 75.7 Å². The molecule has 2 rings (SSSR count). The number of nitrogens with one attached hydrogen (secondary N) is 1. The van der Waals surface area contributed by atoms with Gasteiger partial charge in [-0.1, -0.05) is 19.3 Å². The number of sulfonamides is 1. The number of piperidine rings is 1. The molecule has 1 atom stereocenters. The second-order valence-corrected chi connectivity index (χ2v) is 8.44. The molecule has 1 unspecified atom stereocenters. The number of ether oxygens (including phenoxy) is 1. The molecule has 6 nitrogen and oxygen atoms in total. The van der Waals surface area contributed by atoms with Crippen LogP contribution in [0.4, 0.5) is 0 Å². The SMILES string of the molecule is COCCS(=O)(=O)N1CCCC(C(=O)NC2CCCCC2)C1. The van der Waals surface area contributed by atoms with Crippen molar-refractivity contribution in [3.05, 3.63) is 0 Å². The minimum atomic E-state index is -3.32. The molecule has 1 saturated heterocycles. The van der Waals surface area contributed by atoms with Gasteiger partial charge in [-0.2, -0.15) is 0 Å². The lowest BCUT2D eigenvalue weighted by Crippen LogP contribution is -2.48. The molecule has 1 aliphatic carbocycles. The molecule has 0 radical (unpaired) electrons. The monoisotopic (exact) mass is 332 g/mol.